The molecule has 1 amide bonds. The molecular formula is C15H19FN2O. The van der Waals surface area contributed by atoms with Gasteiger partial charge in [0.15, 0.2) is 0 Å². The Kier molecular flexibility index (Phi) is 4.32. The summed E-state index contributed by atoms with van der Waals surface area (Å²) < 4.78 is 13.2. The average Bonchev–Trinajstić information content (AvgIpc) is 3.20. The van der Waals surface area contributed by atoms with Gasteiger partial charge in [0.25, 0.3) is 0 Å². The molecule has 1 aliphatic rings. The molecule has 1 unspecified atom stereocenters. The maximum absolute atomic E-state index is 13.2. The van der Waals surface area contributed by atoms with Crippen molar-refractivity contribution in [2.75, 3.05) is 0 Å². The van der Waals surface area contributed by atoms with Crippen molar-refractivity contribution in [1.82, 2.24) is 4.90 Å². The maximum atomic E-state index is 13.2. The Labute approximate surface area is 112 Å². The molecule has 1 fully saturated rings. The first-order valence-electron chi connectivity index (χ1n) is 6.53. The fourth-order valence-corrected chi connectivity index (χ4v) is 2.10. The molecule has 19 heavy (non-hydrogen) atoms. The van der Waals surface area contributed by atoms with Gasteiger partial charge in [0.1, 0.15) is 5.82 Å². The van der Waals surface area contributed by atoms with Crippen molar-refractivity contribution in [3.63, 3.8) is 0 Å². The number of benzene rings is 1. The normalized spacial score (nSPS) is 15.9. The summed E-state index contributed by atoms with van der Waals surface area (Å²) in [6.07, 6.45) is 4.12. The van der Waals surface area contributed by atoms with Crippen LogP contribution in [0.25, 0.3) is 0 Å². The molecule has 2 rings (SSSR count). The SMILES string of the molecule is C=CCC(N)C(=O)N(Cc1cccc(F)c1)C1CC1. The minimum Gasteiger partial charge on any atom is -0.334 e. The number of hydrogen-bond donors (Lipinski definition) is 1. The Morgan fingerprint density at radius 1 is 1.58 bits per heavy atom. The van der Waals surface area contributed by atoms with Crippen LogP contribution in [-0.2, 0) is 11.3 Å². The molecule has 0 saturated heterocycles. The van der Waals surface area contributed by atoms with Crippen LogP contribution in [0.15, 0.2) is 36.9 Å². The first-order valence-corrected chi connectivity index (χ1v) is 6.53. The first kappa shape index (κ1) is 13.7. The highest BCUT2D eigenvalue weighted by atomic mass is 19.1. The summed E-state index contributed by atoms with van der Waals surface area (Å²) in [6.45, 7) is 4.02. The van der Waals surface area contributed by atoms with E-state index in [1.807, 2.05) is 6.07 Å². The van der Waals surface area contributed by atoms with E-state index in [1.165, 1.54) is 12.1 Å². The molecule has 1 aromatic carbocycles. The van der Waals surface area contributed by atoms with E-state index in [2.05, 4.69) is 6.58 Å². The molecule has 3 nitrogen and oxygen atoms in total. The Morgan fingerprint density at radius 3 is 2.89 bits per heavy atom. The third-order valence-electron chi connectivity index (χ3n) is 3.25. The van der Waals surface area contributed by atoms with E-state index < -0.39 is 6.04 Å². The molecule has 0 aliphatic heterocycles. The molecule has 1 saturated carbocycles. The second-order valence-electron chi connectivity index (χ2n) is 4.96. The van der Waals surface area contributed by atoms with Crippen molar-refractivity contribution < 1.29 is 9.18 Å². The number of amides is 1. The summed E-state index contributed by atoms with van der Waals surface area (Å²) in [6, 6.07) is 6.05. The van der Waals surface area contributed by atoms with Crippen LogP contribution in [-0.4, -0.2) is 22.9 Å². The van der Waals surface area contributed by atoms with Crippen LogP contribution in [0, 0.1) is 5.82 Å². The van der Waals surface area contributed by atoms with Crippen molar-refractivity contribution in [1.29, 1.82) is 0 Å². The van der Waals surface area contributed by atoms with Crippen LogP contribution in [0.2, 0.25) is 0 Å². The summed E-state index contributed by atoms with van der Waals surface area (Å²) in [7, 11) is 0. The predicted molar refractivity (Wildman–Crippen MR) is 72.8 cm³/mol. The smallest absolute Gasteiger partial charge is 0.240 e. The number of carbonyl (C=O) groups is 1. The zero-order chi connectivity index (χ0) is 13.8. The zero-order valence-electron chi connectivity index (χ0n) is 10.9. The number of nitrogens with two attached hydrogens (primary N) is 1. The fraction of sp³-hybridized carbons (Fsp3) is 0.400. The molecule has 1 aliphatic carbocycles. The number of nitrogens with zero attached hydrogens (tertiary/aromatic N) is 1. The first-order chi connectivity index (χ1) is 9.11. The standard InChI is InChI=1S/C15H19FN2O/c1-2-4-14(17)15(19)18(13-7-8-13)10-11-5-3-6-12(16)9-11/h2-3,5-6,9,13-14H,1,4,7-8,10,17H2. The second kappa shape index (κ2) is 5.97. The van der Waals surface area contributed by atoms with E-state index in [4.69, 9.17) is 5.73 Å². The minimum atomic E-state index is -0.549. The van der Waals surface area contributed by atoms with Gasteiger partial charge in [-0.3, -0.25) is 4.79 Å². The van der Waals surface area contributed by atoms with Gasteiger partial charge in [0.05, 0.1) is 6.04 Å². The Balaban J connectivity index is 2.08. The van der Waals surface area contributed by atoms with E-state index in [1.54, 1.807) is 17.0 Å². The van der Waals surface area contributed by atoms with Crippen LogP contribution in [0.5, 0.6) is 0 Å². The van der Waals surface area contributed by atoms with Crippen LogP contribution < -0.4 is 5.73 Å². The third-order valence-corrected chi connectivity index (χ3v) is 3.25. The lowest BCUT2D eigenvalue weighted by atomic mass is 10.1. The lowest BCUT2D eigenvalue weighted by Crippen LogP contribution is -2.44. The van der Waals surface area contributed by atoms with Crippen LogP contribution in [0.1, 0.15) is 24.8 Å². The van der Waals surface area contributed by atoms with Gasteiger partial charge in [-0.05, 0) is 37.0 Å². The van der Waals surface area contributed by atoms with Crippen LogP contribution >= 0.6 is 0 Å². The van der Waals surface area contributed by atoms with Crippen molar-refractivity contribution in [3.05, 3.63) is 48.3 Å². The van der Waals surface area contributed by atoms with Crippen molar-refractivity contribution in [3.8, 4) is 0 Å². The van der Waals surface area contributed by atoms with Gasteiger partial charge in [-0.2, -0.15) is 0 Å². The molecule has 0 bridgehead atoms. The summed E-state index contributed by atoms with van der Waals surface area (Å²) in [5, 5.41) is 0. The van der Waals surface area contributed by atoms with Crippen molar-refractivity contribution in [2.24, 2.45) is 5.73 Å². The molecular weight excluding hydrogens is 243 g/mol. The Hall–Kier alpha value is -1.68. The number of halogens is 1. The molecule has 102 valence electrons. The summed E-state index contributed by atoms with van der Waals surface area (Å²) in [5.41, 5.74) is 6.64. The highest BCUT2D eigenvalue weighted by molar-refractivity contribution is 5.82. The van der Waals surface area contributed by atoms with Gasteiger partial charge in [-0.15, -0.1) is 6.58 Å². The van der Waals surface area contributed by atoms with Gasteiger partial charge in [-0.1, -0.05) is 18.2 Å². The summed E-state index contributed by atoms with van der Waals surface area (Å²) >= 11 is 0. The molecule has 1 aromatic rings. The fourth-order valence-electron chi connectivity index (χ4n) is 2.10. The van der Waals surface area contributed by atoms with E-state index in [0.29, 0.717) is 13.0 Å². The molecule has 4 heteroatoms. The average molecular weight is 262 g/mol. The van der Waals surface area contributed by atoms with Crippen molar-refractivity contribution >= 4 is 5.91 Å². The molecule has 0 radical (unpaired) electrons. The molecule has 0 aromatic heterocycles. The molecule has 0 heterocycles. The van der Waals surface area contributed by atoms with E-state index in [-0.39, 0.29) is 17.8 Å². The largest absolute Gasteiger partial charge is 0.334 e. The summed E-state index contributed by atoms with van der Waals surface area (Å²) in [5.74, 6) is -0.359. The van der Waals surface area contributed by atoms with E-state index in [9.17, 15) is 9.18 Å². The van der Waals surface area contributed by atoms with Crippen molar-refractivity contribution in [2.45, 2.75) is 37.9 Å². The van der Waals surface area contributed by atoms with Gasteiger partial charge < -0.3 is 10.6 Å². The second-order valence-corrected chi connectivity index (χ2v) is 4.96. The number of carbonyl (C=O) groups excluding carboxylic acids is 1. The quantitative estimate of drug-likeness (QED) is 0.799. The molecule has 1 atom stereocenters. The Morgan fingerprint density at radius 2 is 2.32 bits per heavy atom. The lowest BCUT2D eigenvalue weighted by Gasteiger charge is -2.25. The number of hydrogen-bond acceptors (Lipinski definition) is 2. The number of rotatable bonds is 6. The minimum absolute atomic E-state index is 0.0772. The lowest BCUT2D eigenvalue weighted by molar-refractivity contribution is -0.133. The van der Waals surface area contributed by atoms with Gasteiger partial charge in [-0.25, -0.2) is 4.39 Å². The molecule has 0 spiro atoms. The Bertz CT molecular complexity index is 471. The maximum Gasteiger partial charge on any atom is 0.240 e. The molecule has 2 N–H and O–H groups in total. The van der Waals surface area contributed by atoms with Crippen LogP contribution in [0.4, 0.5) is 4.39 Å². The predicted octanol–water partition coefficient (Wildman–Crippen LogP) is 2.22. The summed E-state index contributed by atoms with van der Waals surface area (Å²) in [4.78, 5) is 14.0. The third kappa shape index (κ3) is 3.64. The topological polar surface area (TPSA) is 46.3 Å². The van der Waals surface area contributed by atoms with Crippen LogP contribution in [0.3, 0.4) is 0 Å². The monoisotopic (exact) mass is 262 g/mol. The highest BCUT2D eigenvalue weighted by Crippen LogP contribution is 2.29. The van der Waals surface area contributed by atoms with E-state index in [0.717, 1.165) is 18.4 Å². The van der Waals surface area contributed by atoms with Gasteiger partial charge in [0, 0.05) is 12.6 Å². The van der Waals surface area contributed by atoms with Gasteiger partial charge >= 0.3 is 0 Å². The van der Waals surface area contributed by atoms with E-state index >= 15 is 0 Å². The highest BCUT2D eigenvalue weighted by Gasteiger charge is 2.34. The zero-order valence-corrected chi connectivity index (χ0v) is 10.9. The van der Waals surface area contributed by atoms with Gasteiger partial charge in [0.2, 0.25) is 5.91 Å².